The third-order valence-electron chi connectivity index (χ3n) is 2.74. The average Bonchev–Trinajstić information content (AvgIpc) is 2.36. The maximum atomic E-state index is 5.76. The van der Waals surface area contributed by atoms with Crippen molar-refractivity contribution in [3.05, 3.63) is 41.7 Å². The molecule has 2 aromatic rings. The van der Waals surface area contributed by atoms with E-state index in [1.807, 2.05) is 26.0 Å². The Labute approximate surface area is 107 Å². The molecule has 0 atom stereocenters. The first kappa shape index (κ1) is 12.4. The molecule has 4 nitrogen and oxygen atoms in total. The summed E-state index contributed by atoms with van der Waals surface area (Å²) in [6.07, 6.45) is 3.29. The maximum Gasteiger partial charge on any atom is 0.239 e. The topological polar surface area (TPSA) is 47.0 Å². The Morgan fingerprint density at radius 2 is 2.06 bits per heavy atom. The van der Waals surface area contributed by atoms with Crippen LogP contribution in [0.3, 0.4) is 0 Å². The number of hydrogen-bond acceptors (Lipinski definition) is 4. The standard InChI is InChI=1S/C14H17N3O/c1-4-16-13-8-15-9-14(17-13)18-12-7-5-6-10(2)11(12)3/h5-9H,4H2,1-3H3,(H,16,17). The zero-order chi connectivity index (χ0) is 13.0. The largest absolute Gasteiger partial charge is 0.437 e. The second kappa shape index (κ2) is 5.49. The molecule has 1 heterocycles. The fourth-order valence-electron chi connectivity index (χ4n) is 1.61. The molecule has 0 radical (unpaired) electrons. The zero-order valence-electron chi connectivity index (χ0n) is 10.9. The van der Waals surface area contributed by atoms with Gasteiger partial charge >= 0.3 is 0 Å². The van der Waals surface area contributed by atoms with Gasteiger partial charge in [-0.15, -0.1) is 0 Å². The van der Waals surface area contributed by atoms with E-state index < -0.39 is 0 Å². The number of hydrogen-bond donors (Lipinski definition) is 1. The Bertz CT molecular complexity index is 540. The van der Waals surface area contributed by atoms with E-state index in [0.29, 0.717) is 5.88 Å². The molecular weight excluding hydrogens is 226 g/mol. The van der Waals surface area contributed by atoms with Gasteiger partial charge in [0.1, 0.15) is 11.6 Å². The molecule has 0 aliphatic rings. The lowest BCUT2D eigenvalue weighted by Crippen LogP contribution is -2.01. The molecule has 0 unspecified atom stereocenters. The Balaban J connectivity index is 2.23. The summed E-state index contributed by atoms with van der Waals surface area (Å²) in [5.41, 5.74) is 2.32. The molecule has 0 aliphatic heterocycles. The molecule has 0 amide bonds. The van der Waals surface area contributed by atoms with Gasteiger partial charge in [0.25, 0.3) is 0 Å². The van der Waals surface area contributed by atoms with Crippen molar-refractivity contribution in [2.75, 3.05) is 11.9 Å². The van der Waals surface area contributed by atoms with Crippen LogP contribution >= 0.6 is 0 Å². The highest BCUT2D eigenvalue weighted by Gasteiger charge is 2.05. The summed E-state index contributed by atoms with van der Waals surface area (Å²) in [5, 5.41) is 3.11. The van der Waals surface area contributed by atoms with E-state index >= 15 is 0 Å². The Hall–Kier alpha value is -2.10. The van der Waals surface area contributed by atoms with Crippen LogP contribution < -0.4 is 10.1 Å². The highest BCUT2D eigenvalue weighted by Crippen LogP contribution is 2.25. The normalized spacial score (nSPS) is 10.2. The Kier molecular flexibility index (Phi) is 3.77. The van der Waals surface area contributed by atoms with Crippen molar-refractivity contribution in [3.8, 4) is 11.6 Å². The fraction of sp³-hybridized carbons (Fsp3) is 0.286. The van der Waals surface area contributed by atoms with Crippen molar-refractivity contribution in [3.63, 3.8) is 0 Å². The Morgan fingerprint density at radius 1 is 1.22 bits per heavy atom. The van der Waals surface area contributed by atoms with Gasteiger partial charge in [-0.25, -0.2) is 0 Å². The molecule has 1 aromatic heterocycles. The number of benzene rings is 1. The summed E-state index contributed by atoms with van der Waals surface area (Å²) in [6.45, 7) is 6.91. The summed E-state index contributed by atoms with van der Waals surface area (Å²) >= 11 is 0. The van der Waals surface area contributed by atoms with Crippen molar-refractivity contribution < 1.29 is 4.74 Å². The summed E-state index contributed by atoms with van der Waals surface area (Å²) in [4.78, 5) is 8.43. The number of aryl methyl sites for hydroxylation is 1. The monoisotopic (exact) mass is 243 g/mol. The number of rotatable bonds is 4. The highest BCUT2D eigenvalue weighted by molar-refractivity contribution is 5.41. The van der Waals surface area contributed by atoms with Gasteiger partial charge in [0, 0.05) is 6.54 Å². The van der Waals surface area contributed by atoms with Gasteiger partial charge < -0.3 is 10.1 Å². The van der Waals surface area contributed by atoms with Crippen LogP contribution in [0, 0.1) is 13.8 Å². The van der Waals surface area contributed by atoms with Gasteiger partial charge in [-0.2, -0.15) is 4.98 Å². The van der Waals surface area contributed by atoms with E-state index in [0.717, 1.165) is 23.7 Å². The quantitative estimate of drug-likeness (QED) is 0.894. The second-order valence-corrected chi connectivity index (χ2v) is 4.07. The lowest BCUT2D eigenvalue weighted by Gasteiger charge is -2.10. The summed E-state index contributed by atoms with van der Waals surface area (Å²) in [7, 11) is 0. The third-order valence-corrected chi connectivity index (χ3v) is 2.74. The van der Waals surface area contributed by atoms with Crippen LogP contribution in [0.15, 0.2) is 30.6 Å². The van der Waals surface area contributed by atoms with Crippen molar-refractivity contribution in [1.29, 1.82) is 0 Å². The first-order valence-electron chi connectivity index (χ1n) is 6.00. The molecule has 0 bridgehead atoms. The maximum absolute atomic E-state index is 5.76. The van der Waals surface area contributed by atoms with Crippen molar-refractivity contribution in [2.24, 2.45) is 0 Å². The molecule has 2 rings (SSSR count). The van der Waals surface area contributed by atoms with Crippen molar-refractivity contribution in [2.45, 2.75) is 20.8 Å². The predicted molar refractivity (Wildman–Crippen MR) is 72.2 cm³/mol. The van der Waals surface area contributed by atoms with Gasteiger partial charge in [-0.3, -0.25) is 4.98 Å². The summed E-state index contributed by atoms with van der Waals surface area (Å²) in [6, 6.07) is 5.96. The zero-order valence-corrected chi connectivity index (χ0v) is 10.9. The molecule has 1 aromatic carbocycles. The van der Waals surface area contributed by atoms with Crippen molar-refractivity contribution in [1.82, 2.24) is 9.97 Å². The van der Waals surface area contributed by atoms with Crippen LogP contribution in [0.1, 0.15) is 18.1 Å². The Morgan fingerprint density at radius 3 is 2.83 bits per heavy atom. The molecule has 0 saturated carbocycles. The fourth-order valence-corrected chi connectivity index (χ4v) is 1.61. The number of anilines is 1. The van der Waals surface area contributed by atoms with Crippen LogP contribution in [0.2, 0.25) is 0 Å². The molecular formula is C14H17N3O. The van der Waals surface area contributed by atoms with E-state index in [1.165, 1.54) is 5.56 Å². The number of aromatic nitrogens is 2. The third kappa shape index (κ3) is 2.77. The molecule has 94 valence electrons. The van der Waals surface area contributed by atoms with Gasteiger partial charge in [0.2, 0.25) is 5.88 Å². The average molecular weight is 243 g/mol. The van der Waals surface area contributed by atoms with Crippen LogP contribution in [-0.2, 0) is 0 Å². The van der Waals surface area contributed by atoms with Crippen LogP contribution in [0.5, 0.6) is 11.6 Å². The minimum absolute atomic E-state index is 0.502. The molecule has 18 heavy (non-hydrogen) atoms. The SMILES string of the molecule is CCNc1cncc(Oc2cccc(C)c2C)n1. The van der Waals surface area contributed by atoms with E-state index in [1.54, 1.807) is 12.4 Å². The first-order valence-corrected chi connectivity index (χ1v) is 6.00. The number of nitrogens with zero attached hydrogens (tertiary/aromatic N) is 2. The lowest BCUT2D eigenvalue weighted by molar-refractivity contribution is 0.457. The molecule has 0 saturated heterocycles. The summed E-state index contributed by atoms with van der Waals surface area (Å²) in [5.74, 6) is 2.04. The lowest BCUT2D eigenvalue weighted by atomic mass is 10.1. The predicted octanol–water partition coefficient (Wildman–Crippen LogP) is 3.32. The molecule has 4 heteroatoms. The van der Waals surface area contributed by atoms with Gasteiger partial charge in [-0.1, -0.05) is 12.1 Å². The summed E-state index contributed by atoms with van der Waals surface area (Å²) < 4.78 is 5.76. The number of nitrogens with one attached hydrogen (secondary N) is 1. The molecule has 0 spiro atoms. The minimum atomic E-state index is 0.502. The molecule has 0 aliphatic carbocycles. The first-order chi connectivity index (χ1) is 8.70. The molecule has 0 fully saturated rings. The minimum Gasteiger partial charge on any atom is -0.437 e. The number of ether oxygens (including phenoxy) is 1. The van der Waals surface area contributed by atoms with Gasteiger partial charge in [-0.05, 0) is 38.0 Å². The highest BCUT2D eigenvalue weighted by atomic mass is 16.5. The van der Waals surface area contributed by atoms with E-state index in [9.17, 15) is 0 Å². The smallest absolute Gasteiger partial charge is 0.239 e. The van der Waals surface area contributed by atoms with Crippen LogP contribution in [-0.4, -0.2) is 16.5 Å². The van der Waals surface area contributed by atoms with Crippen molar-refractivity contribution >= 4 is 5.82 Å². The second-order valence-electron chi connectivity index (χ2n) is 4.07. The van der Waals surface area contributed by atoms with E-state index in [-0.39, 0.29) is 0 Å². The van der Waals surface area contributed by atoms with E-state index in [4.69, 9.17) is 4.74 Å². The van der Waals surface area contributed by atoms with Crippen LogP contribution in [0.25, 0.3) is 0 Å². The van der Waals surface area contributed by atoms with E-state index in [2.05, 4.69) is 28.3 Å². The van der Waals surface area contributed by atoms with Gasteiger partial charge in [0.15, 0.2) is 0 Å². The molecule has 1 N–H and O–H groups in total. The van der Waals surface area contributed by atoms with Gasteiger partial charge in [0.05, 0.1) is 12.4 Å². The van der Waals surface area contributed by atoms with Crippen LogP contribution in [0.4, 0.5) is 5.82 Å².